The summed E-state index contributed by atoms with van der Waals surface area (Å²) in [5.74, 6) is 4.45. The van der Waals surface area contributed by atoms with Gasteiger partial charge in [-0.1, -0.05) is 15.9 Å². The first kappa shape index (κ1) is 25.2. The predicted octanol–water partition coefficient (Wildman–Crippen LogP) is 10.4. The monoisotopic (exact) mass is 617 g/mol. The van der Waals surface area contributed by atoms with E-state index in [0.717, 1.165) is 11.3 Å². The van der Waals surface area contributed by atoms with E-state index in [1.807, 2.05) is 0 Å². The molecule has 0 radical (unpaired) electrons. The number of nitrogens with zero attached hydrogens (tertiary/aromatic N) is 3. The van der Waals surface area contributed by atoms with Gasteiger partial charge in [0, 0.05) is 4.47 Å². The number of benzene rings is 2. The van der Waals surface area contributed by atoms with Crippen molar-refractivity contribution in [3.63, 3.8) is 0 Å². The maximum Gasteiger partial charge on any atom is 0.330 e. The van der Waals surface area contributed by atoms with Crippen molar-refractivity contribution in [2.24, 2.45) is 0 Å². The highest BCUT2D eigenvalue weighted by atomic mass is 79.9. The second-order valence-electron chi connectivity index (χ2n) is 15.5. The lowest BCUT2D eigenvalue weighted by Gasteiger charge is -2.47. The molecule has 4 saturated carbocycles. The van der Waals surface area contributed by atoms with Crippen LogP contribution in [0.2, 0.25) is 0 Å². The van der Waals surface area contributed by atoms with Crippen molar-refractivity contribution >= 4 is 21.6 Å². The second-order valence-corrected chi connectivity index (χ2v) is 16.3. The average molecular weight is 619 g/mol. The van der Waals surface area contributed by atoms with Gasteiger partial charge in [-0.3, -0.25) is 0 Å². The van der Waals surface area contributed by atoms with Crippen molar-refractivity contribution in [1.29, 1.82) is 5.26 Å². The Bertz CT molecular complexity index is 1560. The Balaban J connectivity index is 1.35. The van der Waals surface area contributed by atoms with Gasteiger partial charge < -0.3 is 5.53 Å². The summed E-state index contributed by atoms with van der Waals surface area (Å²) < 4.78 is 1.44. The van der Waals surface area contributed by atoms with Crippen LogP contribution < -0.4 is 0 Å². The van der Waals surface area contributed by atoms with Crippen molar-refractivity contribution in [1.82, 2.24) is 0 Å². The van der Waals surface area contributed by atoms with E-state index in [0.29, 0.717) is 47.3 Å². The lowest BCUT2D eigenvalue weighted by Crippen LogP contribution is -2.36. The molecule has 0 saturated heterocycles. The van der Waals surface area contributed by atoms with Gasteiger partial charge in [-0.15, -0.1) is 0 Å². The molecule has 8 bridgehead atoms. The molecule has 0 N–H and O–H groups in total. The Morgan fingerprint density at radius 1 is 0.500 bits per heavy atom. The zero-order valence-corrected chi connectivity index (χ0v) is 26.2. The van der Waals surface area contributed by atoms with E-state index in [9.17, 15) is 10.8 Å². The Labute approximate surface area is 258 Å². The molecule has 14 rings (SSSR count). The van der Waals surface area contributed by atoms with E-state index in [1.54, 1.807) is 22.3 Å². The maximum atomic E-state index is 11.4. The minimum atomic E-state index is 0.504. The van der Waals surface area contributed by atoms with E-state index in [2.05, 4.69) is 26.8 Å². The molecule has 12 aliphatic carbocycles. The smallest absolute Gasteiger partial charge is 0.330 e. The molecular formula is C38H40BrN3. The van der Waals surface area contributed by atoms with Gasteiger partial charge in [0.25, 0.3) is 0 Å². The molecule has 2 aromatic carbocycles. The fraction of sp³-hybridized carbons (Fsp3) is 0.632. The van der Waals surface area contributed by atoms with Gasteiger partial charge in [0.1, 0.15) is 0 Å². The van der Waals surface area contributed by atoms with E-state index in [4.69, 9.17) is 0 Å². The first-order chi connectivity index (χ1) is 20.7. The molecule has 0 spiro atoms. The number of fused-ring (bicyclic) bond motifs is 8. The molecular weight excluding hydrogens is 578 g/mol. The van der Waals surface area contributed by atoms with E-state index in [-0.39, 0.29) is 0 Å². The molecule has 4 heteroatoms. The van der Waals surface area contributed by atoms with Crippen LogP contribution >= 0.6 is 15.9 Å². The maximum absolute atomic E-state index is 11.4. The van der Waals surface area contributed by atoms with Crippen molar-refractivity contribution in [3.8, 4) is 6.07 Å². The normalized spacial score (nSPS) is 35.6. The summed E-state index contributed by atoms with van der Waals surface area (Å²) in [6, 6.07) is 2.82. The van der Waals surface area contributed by atoms with Crippen LogP contribution in [-0.4, -0.2) is 10.5 Å². The molecule has 3 nitrogen and oxygen atoms in total. The molecule has 0 heterocycles. The van der Waals surface area contributed by atoms with Gasteiger partial charge in [0.05, 0.1) is 22.8 Å². The van der Waals surface area contributed by atoms with Crippen molar-refractivity contribution in [2.75, 3.05) is 0 Å². The summed E-state index contributed by atoms with van der Waals surface area (Å²) in [6.07, 6.45) is 20.2. The SMILES string of the molecule is N#Cc1c2c(c(C(=[N+]=[N-])c3c4c(c(Br)c5c3C3CCC5CC3)C3CCC4CC3)c3c1C1CCC3CC1)C1CCC2CC1. The molecule has 2 aromatic rings. The number of hydrogen-bond acceptors (Lipinski definition) is 1. The number of rotatable bonds is 2. The topological polar surface area (TPSA) is 60.2 Å². The molecule has 12 aliphatic rings. The van der Waals surface area contributed by atoms with Crippen LogP contribution in [0.4, 0.5) is 0 Å². The minimum Gasteiger partial charge on any atom is -0.361 e. The predicted molar refractivity (Wildman–Crippen MR) is 168 cm³/mol. The summed E-state index contributed by atoms with van der Waals surface area (Å²) in [5.41, 5.74) is 28.2. The summed E-state index contributed by atoms with van der Waals surface area (Å²) in [6.45, 7) is 0. The Morgan fingerprint density at radius 2 is 0.762 bits per heavy atom. The van der Waals surface area contributed by atoms with Crippen molar-refractivity contribution in [2.45, 2.75) is 150 Å². The Kier molecular flexibility index (Phi) is 5.34. The standard InChI is InChI=1S/C38H40BrN3/c39-37-33-24-13-9-22(10-14-24)31(33)36(32-23-11-15-25(16-12-23)34(32)37)38(42-41)35-29-20-5-1-18(2-6-20)27(29)26(17-40)28-19-3-7-21(8-4-19)30(28)35/h18-25H,1-16H2. The lowest BCUT2D eigenvalue weighted by molar-refractivity contribution is -0.00336. The third-order valence-electron chi connectivity index (χ3n) is 14.1. The molecule has 4 fully saturated rings. The molecule has 0 aromatic heterocycles. The quantitative estimate of drug-likeness (QED) is 0.188. The van der Waals surface area contributed by atoms with Crippen LogP contribution in [0.5, 0.6) is 0 Å². The van der Waals surface area contributed by atoms with Gasteiger partial charge in [0.15, 0.2) is 0 Å². The van der Waals surface area contributed by atoms with E-state index < -0.39 is 0 Å². The summed E-state index contributed by atoms with van der Waals surface area (Å²) >= 11 is 4.27. The van der Waals surface area contributed by atoms with Gasteiger partial charge >= 0.3 is 5.71 Å². The zero-order valence-electron chi connectivity index (χ0n) is 24.7. The van der Waals surface area contributed by atoms with Crippen molar-refractivity contribution < 1.29 is 4.79 Å². The molecule has 214 valence electrons. The highest BCUT2D eigenvalue weighted by Gasteiger charge is 2.51. The first-order valence-corrected chi connectivity index (χ1v) is 18.2. The molecule has 0 amide bonds. The molecule has 0 atom stereocenters. The van der Waals surface area contributed by atoms with Crippen LogP contribution in [0.3, 0.4) is 0 Å². The van der Waals surface area contributed by atoms with Crippen LogP contribution in [-0.2, 0) is 0 Å². The Hall–Kier alpha value is -2.21. The summed E-state index contributed by atoms with van der Waals surface area (Å²) in [5, 5.41) is 10.8. The van der Waals surface area contributed by atoms with Crippen LogP contribution in [0.15, 0.2) is 4.47 Å². The van der Waals surface area contributed by atoms with Crippen LogP contribution in [0.1, 0.15) is 211 Å². The molecule has 0 aliphatic heterocycles. The molecule has 0 unspecified atom stereocenters. The number of halogens is 1. The fourth-order valence-electron chi connectivity index (χ4n) is 12.5. The largest absolute Gasteiger partial charge is 0.361 e. The fourth-order valence-corrected chi connectivity index (χ4v) is 13.6. The van der Waals surface area contributed by atoms with Gasteiger partial charge in [-0.05, 0) is 195 Å². The van der Waals surface area contributed by atoms with Gasteiger partial charge in [0.2, 0.25) is 0 Å². The third kappa shape index (κ3) is 3.04. The van der Waals surface area contributed by atoms with E-state index in [1.165, 1.54) is 141 Å². The summed E-state index contributed by atoms with van der Waals surface area (Å²) in [7, 11) is 0. The van der Waals surface area contributed by atoms with Gasteiger partial charge in [-0.2, -0.15) is 10.1 Å². The second kappa shape index (κ2) is 8.92. The first-order valence-electron chi connectivity index (χ1n) is 17.4. The summed E-state index contributed by atoms with van der Waals surface area (Å²) in [4.78, 5) is 4.50. The minimum absolute atomic E-state index is 0.504. The highest BCUT2D eigenvalue weighted by Crippen LogP contribution is 2.63. The van der Waals surface area contributed by atoms with Crippen LogP contribution in [0, 0.1) is 11.3 Å². The average Bonchev–Trinajstić information content (AvgIpc) is 3.07. The van der Waals surface area contributed by atoms with Crippen LogP contribution in [0.25, 0.3) is 5.53 Å². The number of hydrogen-bond donors (Lipinski definition) is 0. The van der Waals surface area contributed by atoms with E-state index >= 15 is 0 Å². The lowest BCUT2D eigenvalue weighted by atomic mass is 9.55. The van der Waals surface area contributed by atoms with Crippen molar-refractivity contribution in [3.05, 3.63) is 71.2 Å². The molecule has 42 heavy (non-hydrogen) atoms. The third-order valence-corrected chi connectivity index (χ3v) is 15.0. The number of nitriles is 1. The Morgan fingerprint density at radius 3 is 1.05 bits per heavy atom. The zero-order chi connectivity index (χ0) is 27.9. The highest BCUT2D eigenvalue weighted by molar-refractivity contribution is 9.10. The van der Waals surface area contributed by atoms with Gasteiger partial charge in [-0.25, -0.2) is 0 Å².